The smallest absolute Gasteiger partial charge is 0.249 e. The third kappa shape index (κ3) is 4.67. The van der Waals surface area contributed by atoms with Crippen LogP contribution in [0.5, 0.6) is 0 Å². The molecule has 1 saturated carbocycles. The molecule has 1 aliphatic rings. The highest BCUT2D eigenvalue weighted by molar-refractivity contribution is 9.10. The van der Waals surface area contributed by atoms with E-state index in [2.05, 4.69) is 31.5 Å². The summed E-state index contributed by atoms with van der Waals surface area (Å²) in [6, 6.07) is 7.38. The first-order valence-corrected chi connectivity index (χ1v) is 9.99. The number of nitrogens with one attached hydrogen (secondary N) is 2. The molecule has 1 aliphatic carbocycles. The van der Waals surface area contributed by atoms with Crippen molar-refractivity contribution in [3.8, 4) is 11.3 Å². The Balaban J connectivity index is 1.70. The molecule has 1 heterocycles. The normalized spacial score (nSPS) is 15.8. The zero-order valence-electron chi connectivity index (χ0n) is 13.9. The molecule has 1 fully saturated rings. The summed E-state index contributed by atoms with van der Waals surface area (Å²) in [5.41, 5.74) is 1.82. The van der Waals surface area contributed by atoms with Gasteiger partial charge < -0.3 is 10.6 Å². The van der Waals surface area contributed by atoms with Crippen LogP contribution in [0.3, 0.4) is 0 Å². The van der Waals surface area contributed by atoms with Crippen molar-refractivity contribution in [2.45, 2.75) is 38.6 Å². The third-order valence-corrected chi connectivity index (χ3v) is 5.67. The van der Waals surface area contributed by atoms with Gasteiger partial charge in [0.05, 0.1) is 5.69 Å². The van der Waals surface area contributed by atoms with Crippen LogP contribution < -0.4 is 10.6 Å². The lowest BCUT2D eigenvalue weighted by atomic mass is 9.97. The first kappa shape index (κ1) is 18.1. The van der Waals surface area contributed by atoms with Crippen LogP contribution in [-0.2, 0) is 9.59 Å². The topological polar surface area (TPSA) is 71.1 Å². The second-order valence-corrected chi connectivity index (χ2v) is 8.03. The molecule has 0 radical (unpaired) electrons. The summed E-state index contributed by atoms with van der Waals surface area (Å²) in [5, 5.41) is 8.15. The van der Waals surface area contributed by atoms with Gasteiger partial charge in [0.25, 0.3) is 0 Å². The molecule has 3 rings (SSSR count). The Hall–Kier alpha value is -1.73. The predicted octanol–water partition coefficient (Wildman–Crippen LogP) is 4.21. The van der Waals surface area contributed by atoms with Crippen LogP contribution >= 0.6 is 27.3 Å². The fraction of sp³-hybridized carbons (Fsp3) is 0.389. The molecule has 0 unspecified atom stereocenters. The first-order valence-electron chi connectivity index (χ1n) is 8.32. The number of nitrogens with zero attached hydrogens (tertiary/aromatic N) is 1. The quantitative estimate of drug-likeness (QED) is 0.759. The summed E-state index contributed by atoms with van der Waals surface area (Å²) in [6.07, 6.45) is 4.17. The Morgan fingerprint density at radius 3 is 2.56 bits per heavy atom. The van der Waals surface area contributed by atoms with Gasteiger partial charge in [-0.15, -0.1) is 11.3 Å². The number of amides is 2. The number of benzene rings is 1. The zero-order valence-corrected chi connectivity index (χ0v) is 16.3. The number of carbonyl (C=O) groups excluding carboxylic acids is 2. The van der Waals surface area contributed by atoms with Crippen molar-refractivity contribution in [2.24, 2.45) is 5.92 Å². The molecule has 0 saturated heterocycles. The number of rotatable bonds is 5. The summed E-state index contributed by atoms with van der Waals surface area (Å²) < 4.78 is 1.01. The van der Waals surface area contributed by atoms with Crippen LogP contribution in [-0.4, -0.2) is 22.8 Å². The molecule has 0 aliphatic heterocycles. The molecular weight excluding hydrogens is 402 g/mol. The molecule has 1 aromatic heterocycles. The number of halogens is 1. The number of hydrogen-bond donors (Lipinski definition) is 2. The third-order valence-electron chi connectivity index (χ3n) is 4.39. The monoisotopic (exact) mass is 421 g/mol. The predicted molar refractivity (Wildman–Crippen MR) is 103 cm³/mol. The highest BCUT2D eigenvalue weighted by Crippen LogP contribution is 2.30. The highest BCUT2D eigenvalue weighted by Gasteiger charge is 2.31. The molecule has 2 amide bonds. The first-order chi connectivity index (χ1) is 12.0. The lowest BCUT2D eigenvalue weighted by Gasteiger charge is -2.22. The van der Waals surface area contributed by atoms with Crippen molar-refractivity contribution in [1.29, 1.82) is 0 Å². The van der Waals surface area contributed by atoms with E-state index in [0.29, 0.717) is 5.13 Å². The van der Waals surface area contributed by atoms with Crippen LogP contribution in [0, 0.1) is 5.92 Å². The molecule has 25 heavy (non-hydrogen) atoms. The molecule has 2 N–H and O–H groups in total. The van der Waals surface area contributed by atoms with Crippen molar-refractivity contribution >= 4 is 44.2 Å². The molecule has 1 aromatic carbocycles. The molecule has 5 nitrogen and oxygen atoms in total. The maximum absolute atomic E-state index is 12.7. The van der Waals surface area contributed by atoms with Crippen LogP contribution in [0.1, 0.15) is 32.6 Å². The van der Waals surface area contributed by atoms with Crippen molar-refractivity contribution in [3.05, 3.63) is 34.1 Å². The molecule has 2 aromatic rings. The minimum absolute atomic E-state index is 0.179. The van der Waals surface area contributed by atoms with Gasteiger partial charge >= 0.3 is 0 Å². The fourth-order valence-corrected chi connectivity index (χ4v) is 4.16. The number of thiazole rings is 1. The Kier molecular flexibility index (Phi) is 5.86. The average Bonchev–Trinajstić information content (AvgIpc) is 3.25. The second-order valence-electron chi connectivity index (χ2n) is 6.26. The number of anilines is 1. The van der Waals surface area contributed by atoms with E-state index in [9.17, 15) is 9.59 Å². The Labute approximate surface area is 159 Å². The van der Waals surface area contributed by atoms with Gasteiger partial charge in [0.2, 0.25) is 11.8 Å². The maximum atomic E-state index is 12.7. The summed E-state index contributed by atoms with van der Waals surface area (Å²) in [4.78, 5) is 28.6. The van der Waals surface area contributed by atoms with Gasteiger partial charge in [-0.25, -0.2) is 4.98 Å². The number of carbonyl (C=O) groups is 2. The van der Waals surface area contributed by atoms with E-state index in [0.717, 1.165) is 41.4 Å². The van der Waals surface area contributed by atoms with Crippen LogP contribution in [0.4, 0.5) is 5.13 Å². The van der Waals surface area contributed by atoms with Gasteiger partial charge in [-0.3, -0.25) is 9.59 Å². The van der Waals surface area contributed by atoms with Crippen molar-refractivity contribution < 1.29 is 9.59 Å². The second kappa shape index (κ2) is 8.10. The summed E-state index contributed by atoms with van der Waals surface area (Å²) >= 11 is 4.80. The average molecular weight is 422 g/mol. The minimum atomic E-state index is -0.486. The van der Waals surface area contributed by atoms with Crippen molar-refractivity contribution in [1.82, 2.24) is 10.3 Å². The van der Waals surface area contributed by atoms with E-state index in [4.69, 9.17) is 0 Å². The zero-order chi connectivity index (χ0) is 17.8. The molecule has 0 spiro atoms. The van der Waals surface area contributed by atoms with Gasteiger partial charge in [0.15, 0.2) is 5.13 Å². The van der Waals surface area contributed by atoms with Gasteiger partial charge in [-0.05, 0) is 30.9 Å². The molecule has 1 atom stereocenters. The van der Waals surface area contributed by atoms with E-state index >= 15 is 0 Å². The van der Waals surface area contributed by atoms with E-state index in [1.807, 2.05) is 29.6 Å². The Morgan fingerprint density at radius 2 is 1.92 bits per heavy atom. The van der Waals surface area contributed by atoms with Crippen LogP contribution in [0.2, 0.25) is 0 Å². The summed E-state index contributed by atoms with van der Waals surface area (Å²) in [5.74, 6) is -0.157. The van der Waals surface area contributed by atoms with Gasteiger partial charge in [0.1, 0.15) is 6.04 Å². The summed E-state index contributed by atoms with van der Waals surface area (Å²) in [7, 11) is 0. The minimum Gasteiger partial charge on any atom is -0.344 e. The van der Waals surface area contributed by atoms with Crippen molar-refractivity contribution in [3.63, 3.8) is 0 Å². The molecule has 7 heteroatoms. The van der Waals surface area contributed by atoms with E-state index in [-0.39, 0.29) is 17.7 Å². The Morgan fingerprint density at radius 1 is 1.24 bits per heavy atom. The molecule has 0 bridgehead atoms. The van der Waals surface area contributed by atoms with Gasteiger partial charge in [-0.1, -0.05) is 40.9 Å². The largest absolute Gasteiger partial charge is 0.344 e. The van der Waals surface area contributed by atoms with Crippen LogP contribution in [0.15, 0.2) is 34.1 Å². The maximum Gasteiger partial charge on any atom is 0.249 e. The standard InChI is InChI=1S/C18H20BrN3O2S/c1-11(23)20-16(13-4-2-3-5-13)17(24)22-18-21-15(10-25-18)12-6-8-14(19)9-7-12/h6-10,13,16H,2-5H2,1H3,(H,20,23)(H,21,22,24)/t16-/m0/s1. The SMILES string of the molecule is CC(=O)N[C@H](C(=O)Nc1nc(-c2ccc(Br)cc2)cs1)C1CCCC1. The van der Waals surface area contributed by atoms with E-state index in [1.54, 1.807) is 0 Å². The fourth-order valence-electron chi connectivity index (χ4n) is 3.17. The van der Waals surface area contributed by atoms with Gasteiger partial charge in [0, 0.05) is 22.3 Å². The number of aromatic nitrogens is 1. The van der Waals surface area contributed by atoms with Gasteiger partial charge in [-0.2, -0.15) is 0 Å². The lowest BCUT2D eigenvalue weighted by molar-refractivity contribution is -0.126. The summed E-state index contributed by atoms with van der Waals surface area (Å²) in [6.45, 7) is 1.45. The Bertz CT molecular complexity index is 754. The van der Waals surface area contributed by atoms with E-state index in [1.165, 1.54) is 18.3 Å². The van der Waals surface area contributed by atoms with E-state index < -0.39 is 6.04 Å². The highest BCUT2D eigenvalue weighted by atomic mass is 79.9. The molecular formula is C18H20BrN3O2S. The van der Waals surface area contributed by atoms with Crippen LogP contribution in [0.25, 0.3) is 11.3 Å². The molecule has 132 valence electrons. The number of hydrogen-bond acceptors (Lipinski definition) is 4. The van der Waals surface area contributed by atoms with Crippen molar-refractivity contribution in [2.75, 3.05) is 5.32 Å². The lowest BCUT2D eigenvalue weighted by Crippen LogP contribution is -2.47.